The molecular weight excluding hydrogens is 360 g/mol. The van der Waals surface area contributed by atoms with Crippen molar-refractivity contribution in [1.82, 2.24) is 9.88 Å². The second kappa shape index (κ2) is 8.15. The van der Waals surface area contributed by atoms with Crippen molar-refractivity contribution in [1.29, 1.82) is 0 Å². The summed E-state index contributed by atoms with van der Waals surface area (Å²) in [5, 5.41) is 3.33. The molecule has 0 atom stereocenters. The zero-order chi connectivity index (χ0) is 19.6. The molecule has 1 aliphatic heterocycles. The minimum absolute atomic E-state index is 0.131. The second-order valence-corrected chi connectivity index (χ2v) is 8.54. The maximum atomic E-state index is 12.9. The normalized spacial score (nSPS) is 19.0. The number of piperazine rings is 1. The third-order valence-corrected chi connectivity index (χ3v) is 6.63. The highest BCUT2D eigenvalue weighted by molar-refractivity contribution is 5.94. The number of aryl methyl sites for hydroxylation is 2. The Labute approximate surface area is 173 Å². The van der Waals surface area contributed by atoms with Crippen molar-refractivity contribution in [2.75, 3.05) is 42.9 Å². The number of carbonyl (C=O) groups is 1. The van der Waals surface area contributed by atoms with Crippen LogP contribution in [0.15, 0.2) is 30.3 Å². The number of amides is 1. The molecule has 29 heavy (non-hydrogen) atoms. The Morgan fingerprint density at radius 1 is 0.862 bits per heavy atom. The van der Waals surface area contributed by atoms with Crippen LogP contribution in [0.4, 0.5) is 11.4 Å². The molecule has 0 bridgehead atoms. The molecule has 0 spiro atoms. The monoisotopic (exact) mass is 390 g/mol. The molecule has 0 saturated carbocycles. The maximum Gasteiger partial charge on any atom is 0.238 e. The van der Waals surface area contributed by atoms with Crippen LogP contribution >= 0.6 is 0 Å². The topological polar surface area (TPSA) is 48.5 Å². The number of hydrogen-bond donors (Lipinski definition) is 1. The molecule has 1 amide bonds. The number of aromatic nitrogens is 1. The molecule has 1 saturated heterocycles. The largest absolute Gasteiger partial charge is 0.369 e. The number of nitrogens with one attached hydrogen (secondary N) is 1. The van der Waals surface area contributed by atoms with E-state index in [-0.39, 0.29) is 5.91 Å². The first-order valence-corrected chi connectivity index (χ1v) is 11.1. The molecule has 5 heteroatoms. The van der Waals surface area contributed by atoms with Crippen LogP contribution in [0.1, 0.15) is 41.8 Å². The van der Waals surface area contributed by atoms with E-state index in [0.29, 0.717) is 6.54 Å². The number of carbonyl (C=O) groups excluding carboxylic acids is 1. The molecule has 1 fully saturated rings. The smallest absolute Gasteiger partial charge is 0.238 e. The molecule has 5 nitrogen and oxygen atoms in total. The third-order valence-electron chi connectivity index (χ3n) is 6.63. The highest BCUT2D eigenvalue weighted by Gasteiger charge is 2.26. The number of anilines is 2. The van der Waals surface area contributed by atoms with Gasteiger partial charge in [-0.3, -0.25) is 14.7 Å². The van der Waals surface area contributed by atoms with Gasteiger partial charge in [0.25, 0.3) is 0 Å². The van der Waals surface area contributed by atoms with Crippen molar-refractivity contribution in [2.45, 2.75) is 44.9 Å². The number of fused-ring (bicyclic) bond motifs is 2. The quantitative estimate of drug-likeness (QED) is 0.871. The van der Waals surface area contributed by atoms with E-state index in [9.17, 15) is 4.79 Å². The molecule has 1 aromatic heterocycles. The Morgan fingerprint density at radius 3 is 2.28 bits per heavy atom. The fourth-order valence-corrected chi connectivity index (χ4v) is 5.08. The van der Waals surface area contributed by atoms with Crippen molar-refractivity contribution >= 4 is 17.3 Å². The fraction of sp³-hybridized carbons (Fsp3) is 0.500. The van der Waals surface area contributed by atoms with Gasteiger partial charge < -0.3 is 10.2 Å². The molecule has 0 unspecified atom stereocenters. The summed E-state index contributed by atoms with van der Waals surface area (Å²) in [5.41, 5.74) is 7.50. The summed E-state index contributed by atoms with van der Waals surface area (Å²) in [6, 6.07) is 10.6. The SMILES string of the molecule is O=C(CN1CCN(c2ccccc2)CC1)Nc1c2c(nc3c1CCC3)CCCC2. The van der Waals surface area contributed by atoms with Crippen LogP contribution in [0.5, 0.6) is 0 Å². The van der Waals surface area contributed by atoms with E-state index in [4.69, 9.17) is 4.98 Å². The minimum atomic E-state index is 0.131. The lowest BCUT2D eigenvalue weighted by atomic mass is 9.92. The average Bonchev–Trinajstić information content (AvgIpc) is 3.23. The summed E-state index contributed by atoms with van der Waals surface area (Å²) in [6.45, 7) is 4.27. The molecule has 3 aliphatic rings. The molecule has 0 radical (unpaired) electrons. The zero-order valence-corrected chi connectivity index (χ0v) is 17.1. The van der Waals surface area contributed by atoms with Gasteiger partial charge in [0.1, 0.15) is 0 Å². The van der Waals surface area contributed by atoms with Crippen LogP contribution in [-0.2, 0) is 30.5 Å². The first-order chi connectivity index (χ1) is 14.3. The van der Waals surface area contributed by atoms with Crippen molar-refractivity contribution in [3.8, 4) is 0 Å². The number of hydrogen-bond acceptors (Lipinski definition) is 4. The van der Waals surface area contributed by atoms with E-state index in [0.717, 1.165) is 64.0 Å². The Balaban J connectivity index is 1.24. The summed E-state index contributed by atoms with van der Waals surface area (Å²) in [6.07, 6.45) is 7.83. The van der Waals surface area contributed by atoms with Crippen LogP contribution in [0.25, 0.3) is 0 Å². The van der Waals surface area contributed by atoms with Crippen LogP contribution < -0.4 is 10.2 Å². The minimum Gasteiger partial charge on any atom is -0.369 e. The molecule has 1 aromatic carbocycles. The Kier molecular flexibility index (Phi) is 5.23. The summed E-state index contributed by atoms with van der Waals surface area (Å²) < 4.78 is 0. The fourth-order valence-electron chi connectivity index (χ4n) is 5.08. The van der Waals surface area contributed by atoms with Gasteiger partial charge in [-0.15, -0.1) is 0 Å². The second-order valence-electron chi connectivity index (χ2n) is 8.54. The first kappa shape index (κ1) is 18.6. The Morgan fingerprint density at radius 2 is 1.52 bits per heavy atom. The predicted molar refractivity (Wildman–Crippen MR) is 117 cm³/mol. The molecule has 5 rings (SSSR count). The van der Waals surface area contributed by atoms with Crippen molar-refractivity contribution < 1.29 is 4.79 Å². The van der Waals surface area contributed by atoms with Gasteiger partial charge in [0.05, 0.1) is 12.2 Å². The van der Waals surface area contributed by atoms with Gasteiger partial charge in [0.2, 0.25) is 5.91 Å². The molecule has 2 heterocycles. The molecule has 2 aromatic rings. The van der Waals surface area contributed by atoms with Gasteiger partial charge in [0.15, 0.2) is 0 Å². The van der Waals surface area contributed by atoms with E-state index in [1.54, 1.807) is 0 Å². The molecular formula is C24H30N4O. The number of pyridine rings is 1. The van der Waals surface area contributed by atoms with Crippen LogP contribution in [0.3, 0.4) is 0 Å². The van der Waals surface area contributed by atoms with E-state index >= 15 is 0 Å². The average molecular weight is 391 g/mol. The van der Waals surface area contributed by atoms with Gasteiger partial charge in [0, 0.05) is 43.3 Å². The van der Waals surface area contributed by atoms with E-state index in [1.807, 2.05) is 0 Å². The summed E-state index contributed by atoms with van der Waals surface area (Å²) >= 11 is 0. The molecule has 152 valence electrons. The van der Waals surface area contributed by atoms with E-state index in [2.05, 4.69) is 45.4 Å². The lowest BCUT2D eigenvalue weighted by molar-refractivity contribution is -0.117. The predicted octanol–water partition coefficient (Wildman–Crippen LogP) is 3.21. The van der Waals surface area contributed by atoms with Crippen LogP contribution in [0.2, 0.25) is 0 Å². The van der Waals surface area contributed by atoms with Crippen molar-refractivity contribution in [3.63, 3.8) is 0 Å². The summed E-state index contributed by atoms with van der Waals surface area (Å²) in [4.78, 5) is 22.6. The van der Waals surface area contributed by atoms with Gasteiger partial charge in [-0.05, 0) is 68.2 Å². The van der Waals surface area contributed by atoms with E-state index in [1.165, 1.54) is 41.0 Å². The number of para-hydroxylation sites is 1. The molecule has 2 aliphatic carbocycles. The summed E-state index contributed by atoms with van der Waals surface area (Å²) in [7, 11) is 0. The summed E-state index contributed by atoms with van der Waals surface area (Å²) in [5.74, 6) is 0.131. The molecule has 1 N–H and O–H groups in total. The number of nitrogens with zero attached hydrogens (tertiary/aromatic N) is 3. The van der Waals surface area contributed by atoms with Gasteiger partial charge in [-0.1, -0.05) is 18.2 Å². The van der Waals surface area contributed by atoms with Crippen molar-refractivity contribution in [3.05, 3.63) is 52.8 Å². The van der Waals surface area contributed by atoms with E-state index < -0.39 is 0 Å². The van der Waals surface area contributed by atoms with Crippen LogP contribution in [0, 0.1) is 0 Å². The maximum absolute atomic E-state index is 12.9. The zero-order valence-electron chi connectivity index (χ0n) is 17.1. The Bertz CT molecular complexity index is 887. The first-order valence-electron chi connectivity index (χ1n) is 11.1. The standard InChI is InChI=1S/C24H30N4O/c29-23(17-27-13-15-28(16-14-27)18-7-2-1-3-8-18)26-24-19-9-4-5-11-21(19)25-22-12-6-10-20(22)24/h1-3,7-8H,4-6,9-17H2,(H,25,26,29). The number of benzene rings is 1. The highest BCUT2D eigenvalue weighted by atomic mass is 16.2. The van der Waals surface area contributed by atoms with Gasteiger partial charge in [-0.25, -0.2) is 0 Å². The third kappa shape index (κ3) is 3.88. The number of rotatable bonds is 4. The Hall–Kier alpha value is -2.40. The highest BCUT2D eigenvalue weighted by Crippen LogP contribution is 2.35. The van der Waals surface area contributed by atoms with Gasteiger partial charge >= 0.3 is 0 Å². The van der Waals surface area contributed by atoms with Gasteiger partial charge in [-0.2, -0.15) is 0 Å². The lowest BCUT2D eigenvalue weighted by Crippen LogP contribution is -2.48. The van der Waals surface area contributed by atoms with Crippen molar-refractivity contribution in [2.24, 2.45) is 0 Å². The lowest BCUT2D eigenvalue weighted by Gasteiger charge is -2.35. The van der Waals surface area contributed by atoms with Crippen LogP contribution in [-0.4, -0.2) is 48.5 Å².